The number of carbonyl (C=O) groups is 1. The van der Waals surface area contributed by atoms with Crippen LogP contribution in [0.5, 0.6) is 0 Å². The number of nitrogens with two attached hydrogens (primary N) is 1. The summed E-state index contributed by atoms with van der Waals surface area (Å²) in [5.74, 6) is 1.32. The number of nitrogens with zero attached hydrogens (tertiary/aromatic N) is 1. The summed E-state index contributed by atoms with van der Waals surface area (Å²) in [5.41, 5.74) is 5.79. The second-order valence-corrected chi connectivity index (χ2v) is 6.11. The third-order valence-corrected chi connectivity index (χ3v) is 3.66. The lowest BCUT2D eigenvalue weighted by Gasteiger charge is -2.25. The second-order valence-electron chi connectivity index (χ2n) is 6.11. The molecule has 1 aliphatic carbocycles. The first-order chi connectivity index (χ1) is 8.58. The number of rotatable bonds is 9. The summed E-state index contributed by atoms with van der Waals surface area (Å²) in [6.07, 6.45) is 6.39. The number of amides is 1. The predicted octanol–water partition coefficient (Wildman–Crippen LogP) is 2.79. The Bertz CT molecular complexity index is 249. The Morgan fingerprint density at radius 3 is 2.50 bits per heavy atom. The molecule has 1 fully saturated rings. The van der Waals surface area contributed by atoms with Crippen molar-refractivity contribution in [1.29, 1.82) is 0 Å². The fraction of sp³-hybridized carbons (Fsp3) is 0.933. The quantitative estimate of drug-likeness (QED) is 0.687. The fourth-order valence-electron chi connectivity index (χ4n) is 2.52. The summed E-state index contributed by atoms with van der Waals surface area (Å²) < 4.78 is 0. The van der Waals surface area contributed by atoms with Gasteiger partial charge in [-0.15, -0.1) is 0 Å². The summed E-state index contributed by atoms with van der Waals surface area (Å²) >= 11 is 0. The van der Waals surface area contributed by atoms with Gasteiger partial charge in [-0.05, 0) is 44.1 Å². The van der Waals surface area contributed by atoms with E-state index in [9.17, 15) is 4.79 Å². The van der Waals surface area contributed by atoms with Crippen LogP contribution >= 0.6 is 0 Å². The van der Waals surface area contributed by atoms with E-state index in [-0.39, 0.29) is 0 Å². The molecular formula is C15H30N2O. The van der Waals surface area contributed by atoms with E-state index in [1.165, 1.54) is 12.8 Å². The van der Waals surface area contributed by atoms with Gasteiger partial charge in [0.15, 0.2) is 0 Å². The van der Waals surface area contributed by atoms with Crippen LogP contribution in [0.25, 0.3) is 0 Å². The topological polar surface area (TPSA) is 46.3 Å². The molecule has 1 atom stereocenters. The molecule has 3 nitrogen and oxygen atoms in total. The summed E-state index contributed by atoms with van der Waals surface area (Å²) in [5, 5.41) is 0. The van der Waals surface area contributed by atoms with Crippen molar-refractivity contribution in [2.24, 2.45) is 17.6 Å². The van der Waals surface area contributed by atoms with Crippen molar-refractivity contribution in [2.45, 2.75) is 65.3 Å². The van der Waals surface area contributed by atoms with Gasteiger partial charge in [-0.25, -0.2) is 0 Å². The fourth-order valence-corrected chi connectivity index (χ4v) is 2.52. The van der Waals surface area contributed by atoms with E-state index < -0.39 is 0 Å². The molecule has 0 unspecified atom stereocenters. The van der Waals surface area contributed by atoms with Crippen LogP contribution in [-0.2, 0) is 4.79 Å². The summed E-state index contributed by atoms with van der Waals surface area (Å²) in [6, 6.07) is 0.543. The third kappa shape index (κ3) is 5.38. The monoisotopic (exact) mass is 254 g/mol. The Hall–Kier alpha value is -0.570. The van der Waals surface area contributed by atoms with E-state index in [0.717, 1.165) is 25.8 Å². The largest absolute Gasteiger partial charge is 0.340 e. The van der Waals surface area contributed by atoms with E-state index in [4.69, 9.17) is 5.73 Å². The molecule has 18 heavy (non-hydrogen) atoms. The predicted molar refractivity (Wildman–Crippen MR) is 76.3 cm³/mol. The Labute approximate surface area is 112 Å². The van der Waals surface area contributed by atoms with Crippen molar-refractivity contribution >= 4 is 5.91 Å². The van der Waals surface area contributed by atoms with Gasteiger partial charge in [-0.2, -0.15) is 0 Å². The number of unbranched alkanes of at least 4 members (excludes halogenated alkanes) is 1. The Morgan fingerprint density at radius 2 is 2.06 bits per heavy atom. The van der Waals surface area contributed by atoms with Crippen LogP contribution in [-0.4, -0.2) is 29.9 Å². The standard InChI is InChI=1S/C15H30N2O/c1-4-5-8-17(14-6-7-14)15(18)10-13(11-16)9-12(2)3/h12-14H,4-11,16H2,1-3H3/t13-/m0/s1. The van der Waals surface area contributed by atoms with E-state index in [2.05, 4.69) is 25.7 Å². The summed E-state index contributed by atoms with van der Waals surface area (Å²) in [7, 11) is 0. The zero-order chi connectivity index (χ0) is 13.5. The molecule has 0 spiro atoms. The molecule has 0 heterocycles. The van der Waals surface area contributed by atoms with Crippen LogP contribution < -0.4 is 5.73 Å². The molecule has 0 bridgehead atoms. The second kappa shape index (κ2) is 7.78. The maximum absolute atomic E-state index is 12.4. The lowest BCUT2D eigenvalue weighted by atomic mass is 9.93. The van der Waals surface area contributed by atoms with Crippen LogP contribution in [0.4, 0.5) is 0 Å². The van der Waals surface area contributed by atoms with Gasteiger partial charge in [0.05, 0.1) is 0 Å². The number of hydrogen-bond acceptors (Lipinski definition) is 2. The first-order valence-corrected chi connectivity index (χ1v) is 7.58. The highest BCUT2D eigenvalue weighted by atomic mass is 16.2. The van der Waals surface area contributed by atoms with Crippen LogP contribution in [0.15, 0.2) is 0 Å². The molecule has 0 aromatic rings. The average molecular weight is 254 g/mol. The highest BCUT2D eigenvalue weighted by Crippen LogP contribution is 2.28. The van der Waals surface area contributed by atoms with Crippen molar-refractivity contribution in [3.63, 3.8) is 0 Å². The third-order valence-electron chi connectivity index (χ3n) is 3.66. The van der Waals surface area contributed by atoms with E-state index in [0.29, 0.717) is 36.8 Å². The van der Waals surface area contributed by atoms with Crippen LogP contribution in [0, 0.1) is 11.8 Å². The highest BCUT2D eigenvalue weighted by Gasteiger charge is 2.32. The molecule has 3 heteroatoms. The Balaban J connectivity index is 2.43. The maximum atomic E-state index is 12.4. The van der Waals surface area contributed by atoms with E-state index >= 15 is 0 Å². The molecule has 0 aromatic heterocycles. The molecule has 1 amide bonds. The van der Waals surface area contributed by atoms with E-state index in [1.54, 1.807) is 0 Å². The van der Waals surface area contributed by atoms with Crippen molar-refractivity contribution in [1.82, 2.24) is 4.90 Å². The van der Waals surface area contributed by atoms with Gasteiger partial charge >= 0.3 is 0 Å². The Kier molecular flexibility index (Phi) is 6.69. The minimum atomic E-state index is 0.335. The van der Waals surface area contributed by atoms with Gasteiger partial charge in [-0.3, -0.25) is 4.79 Å². The minimum absolute atomic E-state index is 0.335. The smallest absolute Gasteiger partial charge is 0.223 e. The zero-order valence-electron chi connectivity index (χ0n) is 12.3. The van der Waals surface area contributed by atoms with E-state index in [1.807, 2.05) is 0 Å². The summed E-state index contributed by atoms with van der Waals surface area (Å²) in [6.45, 7) is 8.15. The molecule has 106 valence electrons. The lowest BCUT2D eigenvalue weighted by Crippen LogP contribution is -2.36. The number of carbonyl (C=O) groups excluding carboxylic acids is 1. The van der Waals surface area contributed by atoms with Gasteiger partial charge in [0, 0.05) is 19.0 Å². The molecule has 0 aliphatic heterocycles. The maximum Gasteiger partial charge on any atom is 0.223 e. The summed E-state index contributed by atoms with van der Waals surface area (Å²) in [4.78, 5) is 14.5. The first kappa shape index (κ1) is 15.5. The minimum Gasteiger partial charge on any atom is -0.340 e. The van der Waals surface area contributed by atoms with Crippen molar-refractivity contribution < 1.29 is 4.79 Å². The molecular weight excluding hydrogens is 224 g/mol. The lowest BCUT2D eigenvalue weighted by molar-refractivity contribution is -0.132. The number of hydrogen-bond donors (Lipinski definition) is 1. The molecule has 0 radical (unpaired) electrons. The van der Waals surface area contributed by atoms with Crippen molar-refractivity contribution in [2.75, 3.05) is 13.1 Å². The van der Waals surface area contributed by atoms with Gasteiger partial charge in [0.25, 0.3) is 0 Å². The molecule has 0 aromatic carbocycles. The van der Waals surface area contributed by atoms with Gasteiger partial charge < -0.3 is 10.6 Å². The van der Waals surface area contributed by atoms with Crippen LogP contribution in [0.3, 0.4) is 0 Å². The molecule has 1 saturated carbocycles. The van der Waals surface area contributed by atoms with Crippen molar-refractivity contribution in [3.05, 3.63) is 0 Å². The average Bonchev–Trinajstić information content (AvgIpc) is 3.12. The Morgan fingerprint density at radius 1 is 1.39 bits per heavy atom. The van der Waals surface area contributed by atoms with Crippen LogP contribution in [0.1, 0.15) is 59.3 Å². The van der Waals surface area contributed by atoms with Crippen LogP contribution in [0.2, 0.25) is 0 Å². The molecule has 0 saturated heterocycles. The normalized spacial score (nSPS) is 16.9. The SMILES string of the molecule is CCCCN(C(=O)C[C@@H](CN)CC(C)C)C1CC1. The molecule has 2 N–H and O–H groups in total. The highest BCUT2D eigenvalue weighted by molar-refractivity contribution is 5.77. The van der Waals surface area contributed by atoms with Gasteiger partial charge in [-0.1, -0.05) is 27.2 Å². The molecule has 1 rings (SSSR count). The van der Waals surface area contributed by atoms with Crippen molar-refractivity contribution in [3.8, 4) is 0 Å². The van der Waals surface area contributed by atoms with Gasteiger partial charge in [0.2, 0.25) is 5.91 Å². The zero-order valence-corrected chi connectivity index (χ0v) is 12.3. The first-order valence-electron chi connectivity index (χ1n) is 7.58. The molecule has 1 aliphatic rings. The van der Waals surface area contributed by atoms with Gasteiger partial charge in [0.1, 0.15) is 0 Å².